The van der Waals surface area contributed by atoms with Gasteiger partial charge in [0.25, 0.3) is 0 Å². The first-order valence-corrected chi connectivity index (χ1v) is 7.78. The molecule has 0 aliphatic heterocycles. The molecule has 0 amide bonds. The maximum absolute atomic E-state index is 6.12. The van der Waals surface area contributed by atoms with Gasteiger partial charge in [-0.2, -0.15) is 0 Å². The number of rotatable bonds is 6. The highest BCUT2D eigenvalue weighted by molar-refractivity contribution is 7.13. The zero-order valence-electron chi connectivity index (χ0n) is 12.5. The summed E-state index contributed by atoms with van der Waals surface area (Å²) in [6, 6.07) is 7.79. The van der Waals surface area contributed by atoms with Gasteiger partial charge in [-0.15, -0.1) is 11.3 Å². The molecule has 0 saturated carbocycles. The number of aromatic nitrogens is 3. The highest BCUT2D eigenvalue weighted by Gasteiger charge is 2.09. The van der Waals surface area contributed by atoms with Crippen LogP contribution < -0.4 is 21.1 Å². The number of nitrogen functional groups attached to an aromatic ring is 1. The second-order valence-electron chi connectivity index (χ2n) is 4.65. The molecule has 0 aliphatic rings. The number of ether oxygens (including phenoxy) is 1. The summed E-state index contributed by atoms with van der Waals surface area (Å²) in [5, 5.41) is 8.90. The lowest BCUT2D eigenvalue weighted by molar-refractivity contribution is 0.414. The molecule has 0 unspecified atom stereocenters. The summed E-state index contributed by atoms with van der Waals surface area (Å²) >= 11 is 1.48. The molecular weight excluding hydrogens is 312 g/mol. The van der Waals surface area contributed by atoms with E-state index < -0.39 is 0 Å². The predicted molar refractivity (Wildman–Crippen MR) is 92.2 cm³/mol. The van der Waals surface area contributed by atoms with Crippen LogP contribution in [0.2, 0.25) is 0 Å². The second kappa shape index (κ2) is 6.93. The fraction of sp³-hybridized carbons (Fsp3) is 0.133. The maximum Gasteiger partial charge on any atom is 0.188 e. The highest BCUT2D eigenvalue weighted by atomic mass is 32.1. The van der Waals surface area contributed by atoms with Crippen LogP contribution in [-0.2, 0) is 6.54 Å². The zero-order chi connectivity index (χ0) is 16.1. The molecule has 118 valence electrons. The Bertz CT molecular complexity index is 760. The predicted octanol–water partition coefficient (Wildman–Crippen LogP) is 2.88. The van der Waals surface area contributed by atoms with Gasteiger partial charge in [-0.05, 0) is 17.7 Å². The normalized spacial score (nSPS) is 10.3. The average Bonchev–Trinajstić information content (AvgIpc) is 3.09. The minimum Gasteiger partial charge on any atom is -0.497 e. The standard InChI is InChI=1S/C15H16N6OS/c1-22-11-4-2-10(3-5-11)8-18-13-12(16)14(20-9-19-13)21-15-17-6-7-23-15/h2-7,9H,8,16H2,1H3,(H2,17,18,19,20,21). The Balaban J connectivity index is 1.69. The van der Waals surface area contributed by atoms with Gasteiger partial charge in [-0.3, -0.25) is 0 Å². The third kappa shape index (κ3) is 3.67. The summed E-state index contributed by atoms with van der Waals surface area (Å²) in [7, 11) is 1.64. The number of hydrogen-bond donors (Lipinski definition) is 3. The molecule has 8 heteroatoms. The summed E-state index contributed by atoms with van der Waals surface area (Å²) in [6.07, 6.45) is 3.18. The number of nitrogens with two attached hydrogens (primary N) is 1. The van der Waals surface area contributed by atoms with Crippen molar-refractivity contribution in [2.45, 2.75) is 6.54 Å². The summed E-state index contributed by atoms with van der Waals surface area (Å²) in [5.74, 6) is 1.94. The first kappa shape index (κ1) is 15.0. The van der Waals surface area contributed by atoms with E-state index >= 15 is 0 Å². The summed E-state index contributed by atoms with van der Waals surface area (Å²) < 4.78 is 5.14. The second-order valence-corrected chi connectivity index (χ2v) is 5.54. The van der Waals surface area contributed by atoms with Gasteiger partial charge >= 0.3 is 0 Å². The molecule has 2 aromatic heterocycles. The number of methoxy groups -OCH3 is 1. The Morgan fingerprint density at radius 2 is 1.91 bits per heavy atom. The van der Waals surface area contributed by atoms with Crippen LogP contribution in [0, 0.1) is 0 Å². The fourth-order valence-corrected chi connectivity index (χ4v) is 2.48. The molecule has 1 aromatic carbocycles. The number of nitrogens with one attached hydrogen (secondary N) is 2. The molecule has 0 aliphatic carbocycles. The Hall–Kier alpha value is -2.87. The molecule has 0 atom stereocenters. The zero-order valence-corrected chi connectivity index (χ0v) is 13.3. The van der Waals surface area contributed by atoms with Crippen molar-refractivity contribution in [1.82, 2.24) is 15.0 Å². The van der Waals surface area contributed by atoms with E-state index in [1.165, 1.54) is 17.7 Å². The lowest BCUT2D eigenvalue weighted by Crippen LogP contribution is -2.08. The Morgan fingerprint density at radius 1 is 1.13 bits per heavy atom. The van der Waals surface area contributed by atoms with Gasteiger partial charge in [-0.1, -0.05) is 12.1 Å². The van der Waals surface area contributed by atoms with E-state index in [9.17, 15) is 0 Å². The van der Waals surface area contributed by atoms with Crippen LogP contribution >= 0.6 is 11.3 Å². The van der Waals surface area contributed by atoms with Crippen LogP contribution in [0.25, 0.3) is 0 Å². The molecule has 0 fully saturated rings. The summed E-state index contributed by atoms with van der Waals surface area (Å²) in [4.78, 5) is 12.5. The van der Waals surface area contributed by atoms with Gasteiger partial charge in [0.1, 0.15) is 17.8 Å². The first-order chi connectivity index (χ1) is 11.3. The van der Waals surface area contributed by atoms with E-state index in [1.807, 2.05) is 29.6 Å². The van der Waals surface area contributed by atoms with E-state index in [0.717, 1.165) is 16.4 Å². The van der Waals surface area contributed by atoms with Crippen molar-refractivity contribution in [2.24, 2.45) is 0 Å². The smallest absolute Gasteiger partial charge is 0.188 e. The Kier molecular flexibility index (Phi) is 4.53. The van der Waals surface area contributed by atoms with E-state index in [-0.39, 0.29) is 0 Å². The molecule has 0 saturated heterocycles. The van der Waals surface area contributed by atoms with Gasteiger partial charge in [0.2, 0.25) is 0 Å². The summed E-state index contributed by atoms with van der Waals surface area (Å²) in [6.45, 7) is 0.599. The lowest BCUT2D eigenvalue weighted by atomic mass is 10.2. The fourth-order valence-electron chi connectivity index (χ4n) is 1.95. The average molecular weight is 328 g/mol. The Labute approximate surface area is 137 Å². The molecule has 7 nitrogen and oxygen atoms in total. The molecule has 3 aromatic rings. The number of anilines is 4. The maximum atomic E-state index is 6.12. The van der Waals surface area contributed by atoms with Crippen molar-refractivity contribution in [3.63, 3.8) is 0 Å². The van der Waals surface area contributed by atoms with Gasteiger partial charge in [0, 0.05) is 18.1 Å². The molecule has 3 rings (SSSR count). The van der Waals surface area contributed by atoms with Gasteiger partial charge in [0.05, 0.1) is 7.11 Å². The van der Waals surface area contributed by atoms with Crippen LogP contribution in [0.1, 0.15) is 5.56 Å². The van der Waals surface area contributed by atoms with Crippen LogP contribution in [0.15, 0.2) is 42.2 Å². The van der Waals surface area contributed by atoms with Crippen LogP contribution in [0.5, 0.6) is 5.75 Å². The SMILES string of the molecule is COc1ccc(CNc2ncnc(Nc3nccs3)c2N)cc1. The minimum atomic E-state index is 0.455. The van der Waals surface area contributed by atoms with Crippen molar-refractivity contribution in [3.8, 4) is 5.75 Å². The van der Waals surface area contributed by atoms with Crippen molar-refractivity contribution >= 4 is 33.8 Å². The third-order valence-corrected chi connectivity index (χ3v) is 3.85. The van der Waals surface area contributed by atoms with E-state index in [4.69, 9.17) is 10.5 Å². The molecule has 0 radical (unpaired) electrons. The van der Waals surface area contributed by atoms with Crippen LogP contribution in [0.4, 0.5) is 22.5 Å². The van der Waals surface area contributed by atoms with Crippen LogP contribution in [-0.4, -0.2) is 22.1 Å². The molecule has 23 heavy (non-hydrogen) atoms. The molecule has 4 N–H and O–H groups in total. The highest BCUT2D eigenvalue weighted by Crippen LogP contribution is 2.26. The van der Waals surface area contributed by atoms with Crippen molar-refractivity contribution in [3.05, 3.63) is 47.7 Å². The van der Waals surface area contributed by atoms with Gasteiger partial charge in [-0.25, -0.2) is 15.0 Å². The van der Waals surface area contributed by atoms with Gasteiger partial charge < -0.3 is 21.1 Å². The largest absolute Gasteiger partial charge is 0.497 e. The molecule has 2 heterocycles. The number of nitrogens with zero attached hydrogens (tertiary/aromatic N) is 3. The van der Waals surface area contributed by atoms with E-state index in [2.05, 4.69) is 25.6 Å². The lowest BCUT2D eigenvalue weighted by Gasteiger charge is -2.11. The minimum absolute atomic E-state index is 0.455. The topological polar surface area (TPSA) is 98.0 Å². The number of thiazole rings is 1. The van der Waals surface area contributed by atoms with Crippen molar-refractivity contribution in [2.75, 3.05) is 23.5 Å². The van der Waals surface area contributed by atoms with Crippen molar-refractivity contribution in [1.29, 1.82) is 0 Å². The number of benzene rings is 1. The first-order valence-electron chi connectivity index (χ1n) is 6.90. The molecule has 0 spiro atoms. The summed E-state index contributed by atoms with van der Waals surface area (Å²) in [5.41, 5.74) is 7.67. The quantitative estimate of drug-likeness (QED) is 0.640. The van der Waals surface area contributed by atoms with E-state index in [0.29, 0.717) is 23.9 Å². The van der Waals surface area contributed by atoms with Crippen LogP contribution in [0.3, 0.4) is 0 Å². The molecular formula is C15H16N6OS. The molecule has 0 bridgehead atoms. The number of hydrogen-bond acceptors (Lipinski definition) is 8. The third-order valence-electron chi connectivity index (χ3n) is 3.16. The van der Waals surface area contributed by atoms with Gasteiger partial charge in [0.15, 0.2) is 16.8 Å². The Morgan fingerprint density at radius 3 is 2.61 bits per heavy atom. The monoisotopic (exact) mass is 328 g/mol. The van der Waals surface area contributed by atoms with E-state index in [1.54, 1.807) is 13.3 Å². The van der Waals surface area contributed by atoms with Crippen molar-refractivity contribution < 1.29 is 4.74 Å².